The van der Waals surface area contributed by atoms with Crippen molar-refractivity contribution in [3.05, 3.63) is 77.1 Å². The molecule has 0 aliphatic heterocycles. The van der Waals surface area contributed by atoms with Crippen LogP contribution in [0, 0.1) is 13.8 Å². The van der Waals surface area contributed by atoms with Gasteiger partial charge in [-0.1, -0.05) is 35.9 Å². The van der Waals surface area contributed by atoms with Gasteiger partial charge in [-0.3, -0.25) is 9.59 Å². The van der Waals surface area contributed by atoms with E-state index in [-0.39, 0.29) is 17.5 Å². The highest BCUT2D eigenvalue weighted by Gasteiger charge is 2.11. The maximum atomic E-state index is 12.5. The number of carbonyl (C=O) groups excluding carboxylic acids is 2. The van der Waals surface area contributed by atoms with Gasteiger partial charge in [-0.05, 0) is 43.7 Å². The molecule has 0 atom stereocenters. The van der Waals surface area contributed by atoms with Crippen LogP contribution in [-0.2, 0) is 11.3 Å². The second-order valence-corrected chi connectivity index (χ2v) is 6.77. The van der Waals surface area contributed by atoms with Crippen LogP contribution in [-0.4, -0.2) is 21.8 Å². The molecular weight excluding hydrogens is 366 g/mol. The summed E-state index contributed by atoms with van der Waals surface area (Å²) in [5, 5.41) is 8.68. The Bertz CT molecular complexity index is 1030. The Balaban J connectivity index is 1.71. The van der Waals surface area contributed by atoms with Crippen LogP contribution >= 0.6 is 0 Å². The van der Waals surface area contributed by atoms with Gasteiger partial charge in [0, 0.05) is 30.5 Å². The maximum Gasteiger partial charge on any atom is 0.270 e. The van der Waals surface area contributed by atoms with Gasteiger partial charge in [0.15, 0.2) is 0 Å². The second kappa shape index (κ2) is 8.97. The molecule has 0 aliphatic rings. The van der Waals surface area contributed by atoms with E-state index in [2.05, 4.69) is 25.9 Å². The Kier molecular flexibility index (Phi) is 6.19. The van der Waals surface area contributed by atoms with Gasteiger partial charge in [0.2, 0.25) is 11.9 Å². The van der Waals surface area contributed by atoms with Crippen molar-refractivity contribution in [2.45, 2.75) is 27.3 Å². The number of nitrogens with one attached hydrogen (secondary N) is 3. The molecular formula is C22H23N5O2. The van der Waals surface area contributed by atoms with Gasteiger partial charge in [0.25, 0.3) is 5.91 Å². The summed E-state index contributed by atoms with van der Waals surface area (Å²) in [5.74, 6) is -0.113. The number of aromatic nitrogens is 2. The predicted octanol–water partition coefficient (Wildman–Crippen LogP) is 3.73. The molecule has 0 saturated carbocycles. The highest BCUT2D eigenvalue weighted by molar-refractivity contribution is 5.92. The third kappa shape index (κ3) is 5.87. The summed E-state index contributed by atoms with van der Waals surface area (Å²) in [4.78, 5) is 32.4. The summed E-state index contributed by atoms with van der Waals surface area (Å²) in [6.45, 7) is 5.69. The molecule has 3 N–H and O–H groups in total. The van der Waals surface area contributed by atoms with Crippen molar-refractivity contribution in [2.75, 3.05) is 10.6 Å². The predicted molar refractivity (Wildman–Crippen MR) is 113 cm³/mol. The molecule has 3 aromatic rings. The number of aryl methyl sites for hydroxylation is 2. The SMILES string of the molecule is CC(=O)Nc1cccc(Nc2nc(C)cc(C(=O)NCc3ccc(C)cc3)n2)c1. The van der Waals surface area contributed by atoms with E-state index in [0.29, 0.717) is 29.6 Å². The second-order valence-electron chi connectivity index (χ2n) is 6.77. The molecule has 1 heterocycles. The van der Waals surface area contributed by atoms with Crippen molar-refractivity contribution >= 4 is 29.1 Å². The lowest BCUT2D eigenvalue weighted by molar-refractivity contribution is -0.114. The van der Waals surface area contributed by atoms with Crippen LogP contribution in [0.3, 0.4) is 0 Å². The first kappa shape index (κ1) is 20.0. The molecule has 3 rings (SSSR count). The molecule has 7 nitrogen and oxygen atoms in total. The Morgan fingerprint density at radius 2 is 1.66 bits per heavy atom. The topological polar surface area (TPSA) is 96.0 Å². The highest BCUT2D eigenvalue weighted by Crippen LogP contribution is 2.18. The molecule has 2 amide bonds. The minimum atomic E-state index is -0.272. The van der Waals surface area contributed by atoms with Crippen LogP contribution in [0.5, 0.6) is 0 Å². The molecule has 0 unspecified atom stereocenters. The quantitative estimate of drug-likeness (QED) is 0.597. The van der Waals surface area contributed by atoms with Crippen LogP contribution in [0.2, 0.25) is 0 Å². The van der Waals surface area contributed by atoms with Gasteiger partial charge in [-0.25, -0.2) is 9.97 Å². The zero-order valence-corrected chi connectivity index (χ0v) is 16.6. The number of amides is 2. The molecule has 0 bridgehead atoms. The Labute approximate surface area is 169 Å². The third-order valence-electron chi connectivity index (χ3n) is 4.10. The van der Waals surface area contributed by atoms with Gasteiger partial charge in [-0.2, -0.15) is 0 Å². The fourth-order valence-electron chi connectivity index (χ4n) is 2.73. The molecule has 0 spiro atoms. The fourth-order valence-corrected chi connectivity index (χ4v) is 2.73. The van der Waals surface area contributed by atoms with E-state index >= 15 is 0 Å². The molecule has 7 heteroatoms. The summed E-state index contributed by atoms with van der Waals surface area (Å²) >= 11 is 0. The minimum Gasteiger partial charge on any atom is -0.347 e. The molecule has 29 heavy (non-hydrogen) atoms. The van der Waals surface area contributed by atoms with Crippen LogP contribution < -0.4 is 16.0 Å². The number of anilines is 3. The van der Waals surface area contributed by atoms with Gasteiger partial charge in [0.05, 0.1) is 0 Å². The van der Waals surface area contributed by atoms with Crippen molar-refractivity contribution in [1.29, 1.82) is 0 Å². The highest BCUT2D eigenvalue weighted by atomic mass is 16.2. The van der Waals surface area contributed by atoms with Gasteiger partial charge in [-0.15, -0.1) is 0 Å². The minimum absolute atomic E-state index is 0.151. The normalized spacial score (nSPS) is 10.3. The summed E-state index contributed by atoms with van der Waals surface area (Å²) in [7, 11) is 0. The largest absolute Gasteiger partial charge is 0.347 e. The average Bonchev–Trinajstić information content (AvgIpc) is 2.66. The van der Waals surface area contributed by atoms with E-state index in [4.69, 9.17) is 0 Å². The first-order chi connectivity index (χ1) is 13.9. The number of nitrogens with zero attached hydrogens (tertiary/aromatic N) is 2. The molecule has 1 aromatic heterocycles. The third-order valence-corrected chi connectivity index (χ3v) is 4.10. The number of hydrogen-bond donors (Lipinski definition) is 3. The lowest BCUT2D eigenvalue weighted by Gasteiger charge is -2.10. The van der Waals surface area contributed by atoms with E-state index in [9.17, 15) is 9.59 Å². The van der Waals surface area contributed by atoms with E-state index in [0.717, 1.165) is 5.56 Å². The zero-order chi connectivity index (χ0) is 20.8. The Morgan fingerprint density at radius 3 is 2.38 bits per heavy atom. The molecule has 0 saturated heterocycles. The van der Waals surface area contributed by atoms with E-state index < -0.39 is 0 Å². The van der Waals surface area contributed by atoms with Crippen molar-refractivity contribution in [1.82, 2.24) is 15.3 Å². The Morgan fingerprint density at radius 1 is 0.931 bits per heavy atom. The number of benzene rings is 2. The van der Waals surface area contributed by atoms with Gasteiger partial charge in [0.1, 0.15) is 5.69 Å². The van der Waals surface area contributed by atoms with E-state index in [1.54, 1.807) is 31.2 Å². The van der Waals surface area contributed by atoms with Crippen molar-refractivity contribution < 1.29 is 9.59 Å². The standard InChI is InChI=1S/C22H23N5O2/c1-14-7-9-17(10-8-14)13-23-21(29)20-11-15(2)24-22(27-20)26-19-6-4-5-18(12-19)25-16(3)28/h4-12H,13H2,1-3H3,(H,23,29)(H,25,28)(H,24,26,27). The van der Waals surface area contributed by atoms with Crippen molar-refractivity contribution in [2.24, 2.45) is 0 Å². The molecule has 2 aromatic carbocycles. The summed E-state index contributed by atoms with van der Waals surface area (Å²) in [5.41, 5.74) is 4.50. The molecule has 148 valence electrons. The zero-order valence-electron chi connectivity index (χ0n) is 16.6. The number of carbonyl (C=O) groups is 2. The smallest absolute Gasteiger partial charge is 0.270 e. The molecule has 0 radical (unpaired) electrons. The fraction of sp³-hybridized carbons (Fsp3) is 0.182. The van der Waals surface area contributed by atoms with Crippen molar-refractivity contribution in [3.8, 4) is 0 Å². The summed E-state index contributed by atoms with van der Waals surface area (Å²) in [6, 6.07) is 16.8. The van der Waals surface area contributed by atoms with Crippen LogP contribution in [0.15, 0.2) is 54.6 Å². The first-order valence-electron chi connectivity index (χ1n) is 9.23. The molecule has 0 fully saturated rings. The summed E-state index contributed by atoms with van der Waals surface area (Å²) < 4.78 is 0. The maximum absolute atomic E-state index is 12.5. The van der Waals surface area contributed by atoms with Gasteiger partial charge >= 0.3 is 0 Å². The number of hydrogen-bond acceptors (Lipinski definition) is 5. The number of rotatable bonds is 6. The summed E-state index contributed by atoms with van der Waals surface area (Å²) in [6.07, 6.45) is 0. The van der Waals surface area contributed by atoms with Crippen LogP contribution in [0.1, 0.15) is 34.2 Å². The lowest BCUT2D eigenvalue weighted by atomic mass is 10.1. The van der Waals surface area contributed by atoms with E-state index in [1.165, 1.54) is 12.5 Å². The Hall–Kier alpha value is -3.74. The van der Waals surface area contributed by atoms with Gasteiger partial charge < -0.3 is 16.0 Å². The molecule has 0 aliphatic carbocycles. The van der Waals surface area contributed by atoms with Crippen LogP contribution in [0.4, 0.5) is 17.3 Å². The first-order valence-corrected chi connectivity index (χ1v) is 9.23. The average molecular weight is 389 g/mol. The van der Waals surface area contributed by atoms with E-state index in [1.807, 2.05) is 37.3 Å². The lowest BCUT2D eigenvalue weighted by Crippen LogP contribution is -2.24. The monoisotopic (exact) mass is 389 g/mol. The van der Waals surface area contributed by atoms with Crippen LogP contribution in [0.25, 0.3) is 0 Å². The van der Waals surface area contributed by atoms with Crippen molar-refractivity contribution in [3.63, 3.8) is 0 Å².